The highest BCUT2D eigenvalue weighted by Gasteiger charge is 2.61. The molecular weight excluding hydrogens is 568 g/mol. The molecule has 0 unspecified atom stereocenters. The Bertz CT molecular complexity index is 1200. The lowest BCUT2D eigenvalue weighted by Crippen LogP contribution is -2.50. The lowest BCUT2D eigenvalue weighted by molar-refractivity contribution is -0.128. The van der Waals surface area contributed by atoms with E-state index >= 15 is 0 Å². The summed E-state index contributed by atoms with van der Waals surface area (Å²) >= 11 is 0. The van der Waals surface area contributed by atoms with Crippen LogP contribution >= 0.6 is 0 Å². The molecule has 0 aliphatic heterocycles. The molecule has 0 radical (unpaired) electrons. The van der Waals surface area contributed by atoms with Gasteiger partial charge < -0.3 is 10.2 Å². The van der Waals surface area contributed by atoms with Crippen molar-refractivity contribution in [2.75, 3.05) is 0 Å². The Morgan fingerprint density at radius 3 is 1.33 bits per heavy atom. The molecular formula is C42H64O4. The van der Waals surface area contributed by atoms with Crippen LogP contribution in [0.15, 0.2) is 23.3 Å². The number of aliphatic hydroxyl groups is 2. The third kappa shape index (κ3) is 4.94. The molecule has 0 aromatic heterocycles. The number of rotatable bonds is 2. The van der Waals surface area contributed by atoms with Gasteiger partial charge in [-0.1, -0.05) is 51.0 Å². The molecule has 8 aliphatic carbocycles. The van der Waals surface area contributed by atoms with Crippen molar-refractivity contribution in [3.05, 3.63) is 23.3 Å². The van der Waals surface area contributed by atoms with Crippen LogP contribution in [0.3, 0.4) is 0 Å². The minimum atomic E-state index is -0.117. The van der Waals surface area contributed by atoms with Crippen LogP contribution in [0.25, 0.3) is 0 Å². The molecule has 0 heterocycles. The van der Waals surface area contributed by atoms with Gasteiger partial charge in [-0.15, -0.1) is 0 Å². The van der Waals surface area contributed by atoms with Gasteiger partial charge in [-0.2, -0.15) is 0 Å². The first-order valence-corrected chi connectivity index (χ1v) is 19.5. The molecule has 6 fully saturated rings. The fraction of sp³-hybridized carbons (Fsp3) is 0.857. The summed E-state index contributed by atoms with van der Waals surface area (Å²) in [7, 11) is 0. The average Bonchev–Trinajstić information content (AvgIpc) is 3.55. The Hall–Kier alpha value is -1.26. The van der Waals surface area contributed by atoms with E-state index in [1.807, 2.05) is 13.8 Å². The van der Waals surface area contributed by atoms with Crippen molar-refractivity contribution in [2.24, 2.45) is 69.0 Å². The Balaban J connectivity index is 0.000000147. The number of carbonyl (C=O) groups is 2. The zero-order chi connectivity index (χ0) is 32.8. The summed E-state index contributed by atoms with van der Waals surface area (Å²) in [4.78, 5) is 24.3. The maximum absolute atomic E-state index is 12.2. The van der Waals surface area contributed by atoms with Crippen molar-refractivity contribution in [3.8, 4) is 0 Å². The molecule has 46 heavy (non-hydrogen) atoms. The average molecular weight is 633 g/mol. The third-order valence-corrected chi connectivity index (χ3v) is 17.1. The monoisotopic (exact) mass is 632 g/mol. The van der Waals surface area contributed by atoms with E-state index < -0.39 is 0 Å². The molecule has 256 valence electrons. The van der Waals surface area contributed by atoms with E-state index in [1.165, 1.54) is 51.4 Å². The van der Waals surface area contributed by atoms with Gasteiger partial charge in [0, 0.05) is 11.8 Å². The first-order valence-electron chi connectivity index (χ1n) is 19.5. The minimum absolute atomic E-state index is 0.117. The van der Waals surface area contributed by atoms with E-state index in [9.17, 15) is 19.8 Å². The predicted molar refractivity (Wildman–Crippen MR) is 184 cm³/mol. The van der Waals surface area contributed by atoms with Crippen LogP contribution < -0.4 is 0 Å². The molecule has 0 amide bonds. The molecule has 6 saturated carbocycles. The molecule has 4 heteroatoms. The number of hydrogen-bond donors (Lipinski definition) is 2. The second-order valence-corrected chi connectivity index (χ2v) is 18.9. The molecule has 0 aromatic rings. The second kappa shape index (κ2) is 11.7. The van der Waals surface area contributed by atoms with Crippen LogP contribution in [0.5, 0.6) is 0 Å². The SMILES string of the molecule is CC(=O)[C@H]1CC[C@H]2[C@@H]3CC=C4C[C@@H](O)CC[C@]4(C)[C@H]3CC[C@]12C.CC(=O)[C@H]1CC[C@H]2[C@@H]3CC=C4C[C@@H](O)CC[C@]4(C)[C@H]3CC[C@]12C. The highest BCUT2D eigenvalue weighted by Crippen LogP contribution is 2.68. The maximum atomic E-state index is 12.2. The molecule has 8 aliphatic rings. The van der Waals surface area contributed by atoms with Gasteiger partial charge in [-0.3, -0.25) is 9.59 Å². The Labute approximate surface area is 279 Å². The number of carbonyl (C=O) groups excluding carboxylic acids is 2. The van der Waals surface area contributed by atoms with Crippen LogP contribution in [-0.2, 0) is 9.59 Å². The summed E-state index contributed by atoms with van der Waals surface area (Å²) in [6, 6.07) is 0. The van der Waals surface area contributed by atoms with Gasteiger partial charge in [0.15, 0.2) is 0 Å². The first-order chi connectivity index (χ1) is 21.7. The molecule has 2 N–H and O–H groups in total. The smallest absolute Gasteiger partial charge is 0.133 e. The van der Waals surface area contributed by atoms with E-state index in [4.69, 9.17) is 0 Å². The van der Waals surface area contributed by atoms with Crippen LogP contribution in [0, 0.1) is 69.0 Å². The van der Waals surface area contributed by atoms with Crippen molar-refractivity contribution in [1.29, 1.82) is 0 Å². The van der Waals surface area contributed by atoms with Crippen molar-refractivity contribution >= 4 is 11.6 Å². The van der Waals surface area contributed by atoms with Crippen LogP contribution in [-0.4, -0.2) is 34.0 Å². The van der Waals surface area contributed by atoms with Gasteiger partial charge in [0.1, 0.15) is 11.6 Å². The summed E-state index contributed by atoms with van der Waals surface area (Å²) in [5, 5.41) is 20.1. The normalized spacial score (nSPS) is 52.2. The maximum Gasteiger partial charge on any atom is 0.133 e. The quantitative estimate of drug-likeness (QED) is 0.298. The largest absolute Gasteiger partial charge is 0.393 e. The fourth-order valence-corrected chi connectivity index (χ4v) is 14.6. The third-order valence-electron chi connectivity index (χ3n) is 17.1. The van der Waals surface area contributed by atoms with Crippen molar-refractivity contribution < 1.29 is 19.8 Å². The number of ketones is 2. The predicted octanol–water partition coefficient (Wildman–Crippen LogP) is 9.03. The number of Topliss-reactive ketones (excluding diaryl/α,β-unsaturated/α-hetero) is 2. The topological polar surface area (TPSA) is 74.6 Å². The Morgan fingerprint density at radius 1 is 0.565 bits per heavy atom. The van der Waals surface area contributed by atoms with E-state index in [2.05, 4.69) is 39.8 Å². The van der Waals surface area contributed by atoms with Gasteiger partial charge >= 0.3 is 0 Å². The van der Waals surface area contributed by atoms with Gasteiger partial charge in [0.2, 0.25) is 0 Å². The lowest BCUT2D eigenvalue weighted by atomic mass is 9.47. The van der Waals surface area contributed by atoms with E-state index in [-0.39, 0.29) is 23.0 Å². The summed E-state index contributed by atoms with van der Waals surface area (Å²) in [5.74, 6) is 6.01. The Morgan fingerprint density at radius 2 is 0.957 bits per heavy atom. The molecule has 4 nitrogen and oxygen atoms in total. The van der Waals surface area contributed by atoms with E-state index in [0.717, 1.165) is 86.9 Å². The molecule has 0 saturated heterocycles. The minimum Gasteiger partial charge on any atom is -0.393 e. The summed E-state index contributed by atoms with van der Waals surface area (Å²) < 4.78 is 0. The molecule has 0 spiro atoms. The fourth-order valence-electron chi connectivity index (χ4n) is 14.6. The lowest BCUT2D eigenvalue weighted by Gasteiger charge is -2.57. The molecule has 8 rings (SSSR count). The Kier molecular flexibility index (Phi) is 8.44. The molecule has 0 bridgehead atoms. The summed E-state index contributed by atoms with van der Waals surface area (Å²) in [6.45, 7) is 13.4. The molecule has 14 atom stereocenters. The number of allylic oxidation sites excluding steroid dienone is 2. The molecule has 0 aromatic carbocycles. The van der Waals surface area contributed by atoms with E-state index in [0.29, 0.717) is 34.2 Å². The number of fused-ring (bicyclic) bond motifs is 10. The van der Waals surface area contributed by atoms with Gasteiger partial charge in [0.05, 0.1) is 12.2 Å². The summed E-state index contributed by atoms with van der Waals surface area (Å²) in [6.07, 6.45) is 22.9. The van der Waals surface area contributed by atoms with Gasteiger partial charge in [-0.25, -0.2) is 0 Å². The highest BCUT2D eigenvalue weighted by atomic mass is 16.3. The van der Waals surface area contributed by atoms with Crippen molar-refractivity contribution in [2.45, 2.75) is 156 Å². The van der Waals surface area contributed by atoms with Crippen molar-refractivity contribution in [1.82, 2.24) is 0 Å². The zero-order valence-corrected chi connectivity index (χ0v) is 30.0. The van der Waals surface area contributed by atoms with Crippen LogP contribution in [0.1, 0.15) is 144 Å². The first kappa shape index (κ1) is 33.2. The van der Waals surface area contributed by atoms with Crippen molar-refractivity contribution in [3.63, 3.8) is 0 Å². The van der Waals surface area contributed by atoms with Gasteiger partial charge in [-0.05, 0) is 174 Å². The standard InChI is InChI=1S/2C21H32O2/c2*1-13(22)17-6-7-18-16-5-4-14-12-15(23)8-10-20(14,2)19(16)9-11-21(17,18)3/h2*4,15-19,23H,5-12H2,1-3H3/t2*15-,16-,17+,18-,19-,20-,21+/m00/s1. The highest BCUT2D eigenvalue weighted by molar-refractivity contribution is 5.80. The van der Waals surface area contributed by atoms with Crippen LogP contribution in [0.4, 0.5) is 0 Å². The number of hydrogen-bond acceptors (Lipinski definition) is 4. The second-order valence-electron chi connectivity index (χ2n) is 18.9. The van der Waals surface area contributed by atoms with Gasteiger partial charge in [0.25, 0.3) is 0 Å². The van der Waals surface area contributed by atoms with Crippen LogP contribution in [0.2, 0.25) is 0 Å². The van der Waals surface area contributed by atoms with E-state index in [1.54, 1.807) is 11.1 Å². The summed E-state index contributed by atoms with van der Waals surface area (Å²) in [5.41, 5.74) is 4.23. The number of aliphatic hydroxyl groups excluding tert-OH is 2. The zero-order valence-electron chi connectivity index (χ0n) is 30.0.